The molecule has 0 radical (unpaired) electrons. The van der Waals surface area contributed by atoms with E-state index >= 15 is 0 Å². The molecule has 140 valence electrons. The molecule has 1 aromatic carbocycles. The molecule has 3 rings (SSSR count). The lowest BCUT2D eigenvalue weighted by molar-refractivity contribution is 0.0730. The summed E-state index contributed by atoms with van der Waals surface area (Å²) in [6.45, 7) is 5.39. The van der Waals surface area contributed by atoms with E-state index in [1.165, 1.54) is 4.31 Å². The van der Waals surface area contributed by atoms with E-state index in [1.807, 2.05) is 0 Å². The smallest absolute Gasteiger partial charge is 0.255 e. The Morgan fingerprint density at radius 3 is 2.38 bits per heavy atom. The summed E-state index contributed by atoms with van der Waals surface area (Å²) in [5.74, 6) is 1.04. The van der Waals surface area contributed by atoms with E-state index in [1.54, 1.807) is 44.2 Å². The number of nitrogens with zero attached hydrogens (tertiary/aromatic N) is 1. The van der Waals surface area contributed by atoms with Crippen LogP contribution in [0.3, 0.4) is 0 Å². The van der Waals surface area contributed by atoms with E-state index < -0.39 is 10.0 Å². The van der Waals surface area contributed by atoms with Crippen molar-refractivity contribution in [1.29, 1.82) is 0 Å². The minimum Gasteiger partial charge on any atom is -0.466 e. The number of hydrogen-bond acceptors (Lipinski definition) is 5. The molecule has 1 aliphatic heterocycles. The second-order valence-electron chi connectivity index (χ2n) is 6.17. The van der Waals surface area contributed by atoms with Crippen LogP contribution in [0.2, 0.25) is 0 Å². The summed E-state index contributed by atoms with van der Waals surface area (Å²) in [6.07, 6.45) is 0. The number of sulfonamides is 1. The molecule has 2 aromatic rings. The molecular formula is C18H22N2O5S. The van der Waals surface area contributed by atoms with Crippen LogP contribution in [0.5, 0.6) is 0 Å². The largest absolute Gasteiger partial charge is 0.466 e. The molecule has 2 heterocycles. The maximum atomic E-state index is 12.6. The Kier molecular flexibility index (Phi) is 5.45. The van der Waals surface area contributed by atoms with Gasteiger partial charge in [0.25, 0.3) is 5.91 Å². The van der Waals surface area contributed by atoms with Crippen LogP contribution in [0.4, 0.5) is 0 Å². The molecular weight excluding hydrogens is 356 g/mol. The molecule has 0 atom stereocenters. The molecule has 7 nitrogen and oxygen atoms in total. The third-order valence-electron chi connectivity index (χ3n) is 4.27. The van der Waals surface area contributed by atoms with Gasteiger partial charge in [0.2, 0.25) is 10.0 Å². The Morgan fingerprint density at radius 2 is 1.81 bits per heavy atom. The lowest BCUT2D eigenvalue weighted by Gasteiger charge is -2.26. The summed E-state index contributed by atoms with van der Waals surface area (Å²) >= 11 is 0. The quantitative estimate of drug-likeness (QED) is 0.858. The van der Waals surface area contributed by atoms with Crippen molar-refractivity contribution in [2.75, 3.05) is 26.3 Å². The number of aryl methyl sites for hydroxylation is 2. The van der Waals surface area contributed by atoms with Crippen LogP contribution in [0.25, 0.3) is 0 Å². The number of carbonyl (C=O) groups excluding carboxylic acids is 1. The monoisotopic (exact) mass is 378 g/mol. The van der Waals surface area contributed by atoms with Crippen molar-refractivity contribution in [3.63, 3.8) is 0 Å². The highest BCUT2D eigenvalue weighted by Gasteiger charge is 2.26. The fourth-order valence-corrected chi connectivity index (χ4v) is 4.26. The zero-order valence-electron chi connectivity index (χ0n) is 14.8. The Balaban J connectivity index is 1.64. The Morgan fingerprint density at radius 1 is 1.15 bits per heavy atom. The summed E-state index contributed by atoms with van der Waals surface area (Å²) in [5, 5.41) is 2.82. The molecule has 1 aromatic heterocycles. The van der Waals surface area contributed by atoms with Crippen molar-refractivity contribution in [2.24, 2.45) is 0 Å². The molecule has 1 aliphatic rings. The predicted octanol–water partition coefficient (Wildman–Crippen LogP) is 1.85. The number of hydrogen-bond donors (Lipinski definition) is 1. The molecule has 0 unspecified atom stereocenters. The van der Waals surface area contributed by atoms with Crippen molar-refractivity contribution in [2.45, 2.75) is 25.3 Å². The summed E-state index contributed by atoms with van der Waals surface area (Å²) in [7, 11) is -3.50. The molecule has 1 N–H and O–H groups in total. The first kappa shape index (κ1) is 18.6. The van der Waals surface area contributed by atoms with Crippen molar-refractivity contribution >= 4 is 15.9 Å². The zero-order chi connectivity index (χ0) is 18.7. The van der Waals surface area contributed by atoms with E-state index in [9.17, 15) is 13.2 Å². The van der Waals surface area contributed by atoms with Crippen LogP contribution in [-0.2, 0) is 21.3 Å². The first-order chi connectivity index (χ1) is 12.4. The van der Waals surface area contributed by atoms with Crippen LogP contribution < -0.4 is 5.32 Å². The van der Waals surface area contributed by atoms with Crippen molar-refractivity contribution in [3.05, 3.63) is 53.0 Å². The third kappa shape index (κ3) is 3.98. The van der Waals surface area contributed by atoms with Gasteiger partial charge in [-0.2, -0.15) is 4.31 Å². The maximum absolute atomic E-state index is 12.6. The first-order valence-corrected chi connectivity index (χ1v) is 9.84. The van der Waals surface area contributed by atoms with Crippen molar-refractivity contribution in [1.82, 2.24) is 9.62 Å². The van der Waals surface area contributed by atoms with E-state index in [0.29, 0.717) is 49.9 Å². The van der Waals surface area contributed by atoms with Gasteiger partial charge in [0.15, 0.2) is 0 Å². The van der Waals surface area contributed by atoms with E-state index in [-0.39, 0.29) is 10.8 Å². The summed E-state index contributed by atoms with van der Waals surface area (Å²) < 4.78 is 37.1. The van der Waals surface area contributed by atoms with Gasteiger partial charge in [-0.25, -0.2) is 8.42 Å². The molecule has 0 bridgehead atoms. The Bertz CT molecular complexity index is 881. The molecule has 0 aliphatic carbocycles. The molecule has 1 fully saturated rings. The highest BCUT2D eigenvalue weighted by atomic mass is 32.2. The lowest BCUT2D eigenvalue weighted by atomic mass is 10.2. The van der Waals surface area contributed by atoms with Crippen LogP contribution in [0, 0.1) is 13.8 Å². The van der Waals surface area contributed by atoms with Crippen LogP contribution in [0.1, 0.15) is 27.4 Å². The number of amides is 1. The number of morpholine rings is 1. The van der Waals surface area contributed by atoms with Gasteiger partial charge in [-0.1, -0.05) is 12.1 Å². The van der Waals surface area contributed by atoms with Crippen LogP contribution in [-0.4, -0.2) is 44.9 Å². The normalized spacial score (nSPS) is 15.8. The van der Waals surface area contributed by atoms with Gasteiger partial charge in [-0.05, 0) is 37.6 Å². The maximum Gasteiger partial charge on any atom is 0.255 e. The molecule has 1 saturated heterocycles. The first-order valence-electron chi connectivity index (χ1n) is 8.40. The zero-order valence-corrected chi connectivity index (χ0v) is 15.6. The number of carbonyl (C=O) groups is 1. The topological polar surface area (TPSA) is 88.9 Å². The fourth-order valence-electron chi connectivity index (χ4n) is 2.85. The van der Waals surface area contributed by atoms with E-state index in [0.717, 1.165) is 5.56 Å². The van der Waals surface area contributed by atoms with Gasteiger partial charge in [-0.15, -0.1) is 0 Å². The molecule has 1 amide bonds. The van der Waals surface area contributed by atoms with Crippen LogP contribution >= 0.6 is 0 Å². The van der Waals surface area contributed by atoms with Crippen molar-refractivity contribution in [3.8, 4) is 0 Å². The number of nitrogens with one attached hydrogen (secondary N) is 1. The molecule has 26 heavy (non-hydrogen) atoms. The van der Waals surface area contributed by atoms with E-state index in [2.05, 4.69) is 5.32 Å². The average Bonchev–Trinajstić information content (AvgIpc) is 2.99. The number of furan rings is 1. The second-order valence-corrected chi connectivity index (χ2v) is 8.11. The van der Waals surface area contributed by atoms with E-state index in [4.69, 9.17) is 9.15 Å². The van der Waals surface area contributed by atoms with Crippen LogP contribution in [0.15, 0.2) is 39.6 Å². The number of ether oxygens (including phenoxy) is 1. The second kappa shape index (κ2) is 7.61. The average molecular weight is 378 g/mol. The van der Waals surface area contributed by atoms with Gasteiger partial charge in [0.1, 0.15) is 11.5 Å². The Labute approximate surface area is 153 Å². The summed E-state index contributed by atoms with van der Waals surface area (Å²) in [5.41, 5.74) is 1.33. The fraction of sp³-hybridized carbons (Fsp3) is 0.389. The number of rotatable bonds is 5. The van der Waals surface area contributed by atoms with Gasteiger partial charge < -0.3 is 14.5 Å². The van der Waals surface area contributed by atoms with Gasteiger partial charge in [0.05, 0.1) is 23.7 Å². The number of benzene rings is 1. The van der Waals surface area contributed by atoms with Gasteiger partial charge in [0, 0.05) is 19.6 Å². The standard InChI is InChI=1S/C18H22N2O5S/c1-13-11-17(14(2)25-13)18(21)19-12-15-3-5-16(6-4-15)26(22,23)20-7-9-24-10-8-20/h3-6,11H,7-10,12H2,1-2H3,(H,19,21). The van der Waals surface area contributed by atoms with Gasteiger partial charge in [-0.3, -0.25) is 4.79 Å². The highest BCUT2D eigenvalue weighted by Crippen LogP contribution is 2.18. The van der Waals surface area contributed by atoms with Crippen molar-refractivity contribution < 1.29 is 22.4 Å². The predicted molar refractivity (Wildman–Crippen MR) is 95.4 cm³/mol. The third-order valence-corrected chi connectivity index (χ3v) is 6.18. The lowest BCUT2D eigenvalue weighted by Crippen LogP contribution is -2.40. The van der Waals surface area contributed by atoms with Gasteiger partial charge >= 0.3 is 0 Å². The highest BCUT2D eigenvalue weighted by molar-refractivity contribution is 7.89. The minimum absolute atomic E-state index is 0.218. The molecule has 0 saturated carbocycles. The molecule has 0 spiro atoms. The minimum atomic E-state index is -3.50. The summed E-state index contributed by atoms with van der Waals surface area (Å²) in [4.78, 5) is 12.4. The SMILES string of the molecule is Cc1cc(C(=O)NCc2ccc(S(=O)(=O)N3CCOCC3)cc2)c(C)o1. The Hall–Kier alpha value is -2.16. The summed E-state index contributed by atoms with van der Waals surface area (Å²) in [6, 6.07) is 8.25. The molecule has 8 heteroatoms.